The summed E-state index contributed by atoms with van der Waals surface area (Å²) in [4.78, 5) is 0.147. The van der Waals surface area contributed by atoms with E-state index in [0.29, 0.717) is 16.9 Å². The molecule has 0 saturated heterocycles. The maximum absolute atomic E-state index is 12.6. The maximum Gasteiger partial charge on any atom is 0.144 e. The molecule has 0 radical (unpaired) electrons. The van der Waals surface area contributed by atoms with Gasteiger partial charge in [-0.2, -0.15) is 0 Å². The molecule has 0 spiro atoms. The van der Waals surface area contributed by atoms with Crippen LogP contribution in [-0.2, 0) is 10.8 Å². The second-order valence-electron chi connectivity index (χ2n) is 6.33. The Bertz CT molecular complexity index is 829. The molecule has 2 aromatic rings. The van der Waals surface area contributed by atoms with Crippen molar-refractivity contribution < 1.29 is 23.9 Å². The zero-order chi connectivity index (χ0) is 19.8. The van der Waals surface area contributed by atoms with E-state index in [1.807, 2.05) is 6.08 Å². The molecule has 0 amide bonds. The van der Waals surface area contributed by atoms with Crippen LogP contribution in [-0.4, -0.2) is 28.6 Å². The van der Waals surface area contributed by atoms with Crippen LogP contribution < -0.4 is 9.47 Å². The first-order valence-corrected chi connectivity index (χ1v) is 10.4. The monoisotopic (exact) mass is 392 g/mol. The van der Waals surface area contributed by atoms with Crippen molar-refractivity contribution in [2.24, 2.45) is 0 Å². The third-order valence-corrected chi connectivity index (χ3v) is 5.66. The summed E-state index contributed by atoms with van der Waals surface area (Å²) < 4.78 is 23.2. The SMILES string of the molecule is CCCCCCC/C=C/S(=O)c1cc(O)c2c(OC)ccc(OC)c2c1O. The molecule has 1 unspecified atom stereocenters. The lowest BCUT2D eigenvalue weighted by Gasteiger charge is -2.14. The third-order valence-electron chi connectivity index (χ3n) is 4.47. The Hall–Kier alpha value is -2.21. The van der Waals surface area contributed by atoms with Gasteiger partial charge in [0.15, 0.2) is 0 Å². The van der Waals surface area contributed by atoms with E-state index < -0.39 is 10.8 Å². The first-order chi connectivity index (χ1) is 13.0. The Morgan fingerprint density at radius 1 is 1.00 bits per heavy atom. The molecule has 0 aromatic heterocycles. The first-order valence-electron chi connectivity index (χ1n) is 9.22. The molecule has 0 aliphatic carbocycles. The van der Waals surface area contributed by atoms with Gasteiger partial charge < -0.3 is 19.7 Å². The predicted octanol–water partition coefficient (Wildman–Crippen LogP) is 5.25. The molecule has 0 saturated carbocycles. The molecule has 2 aromatic carbocycles. The molecule has 2 rings (SSSR count). The Balaban J connectivity index is 2.28. The minimum absolute atomic E-state index is 0.116. The van der Waals surface area contributed by atoms with Gasteiger partial charge in [-0.15, -0.1) is 0 Å². The smallest absolute Gasteiger partial charge is 0.144 e. The lowest BCUT2D eigenvalue weighted by molar-refractivity contribution is 0.403. The summed E-state index contributed by atoms with van der Waals surface area (Å²) in [6, 6.07) is 4.61. The number of benzene rings is 2. The highest BCUT2D eigenvalue weighted by atomic mass is 32.2. The number of hydrogen-bond donors (Lipinski definition) is 2. The summed E-state index contributed by atoms with van der Waals surface area (Å²) in [6.45, 7) is 2.18. The molecule has 1 atom stereocenters. The van der Waals surface area contributed by atoms with Crippen LogP contribution in [0.4, 0.5) is 0 Å². The normalized spacial score (nSPS) is 12.6. The van der Waals surface area contributed by atoms with E-state index >= 15 is 0 Å². The number of ether oxygens (including phenoxy) is 2. The van der Waals surface area contributed by atoms with Crippen LogP contribution in [0.5, 0.6) is 23.0 Å². The van der Waals surface area contributed by atoms with Gasteiger partial charge in [-0.05, 0) is 25.0 Å². The zero-order valence-corrected chi connectivity index (χ0v) is 17.0. The molecular weight excluding hydrogens is 364 g/mol. The molecule has 0 aliphatic rings. The van der Waals surface area contributed by atoms with E-state index in [2.05, 4.69) is 6.92 Å². The molecule has 6 heteroatoms. The predicted molar refractivity (Wildman–Crippen MR) is 109 cm³/mol. The zero-order valence-electron chi connectivity index (χ0n) is 16.2. The highest BCUT2D eigenvalue weighted by molar-refractivity contribution is 7.88. The fourth-order valence-electron chi connectivity index (χ4n) is 3.03. The third kappa shape index (κ3) is 4.95. The molecular formula is C21H28O5S. The number of aromatic hydroxyl groups is 2. The highest BCUT2D eigenvalue weighted by Crippen LogP contribution is 2.46. The van der Waals surface area contributed by atoms with Gasteiger partial charge >= 0.3 is 0 Å². The number of unbranched alkanes of at least 4 members (excludes halogenated alkanes) is 5. The number of hydrogen-bond acceptors (Lipinski definition) is 5. The topological polar surface area (TPSA) is 76.0 Å². The van der Waals surface area contributed by atoms with Crippen LogP contribution in [0.25, 0.3) is 10.8 Å². The van der Waals surface area contributed by atoms with Crippen molar-refractivity contribution >= 4 is 21.6 Å². The largest absolute Gasteiger partial charge is 0.507 e. The lowest BCUT2D eigenvalue weighted by atomic mass is 10.1. The molecule has 2 N–H and O–H groups in total. The van der Waals surface area contributed by atoms with Gasteiger partial charge in [-0.3, -0.25) is 0 Å². The van der Waals surface area contributed by atoms with Crippen molar-refractivity contribution in [1.82, 2.24) is 0 Å². The van der Waals surface area contributed by atoms with Gasteiger partial charge in [0.25, 0.3) is 0 Å². The second-order valence-corrected chi connectivity index (χ2v) is 7.64. The summed E-state index contributed by atoms with van der Waals surface area (Å²) >= 11 is 0. The van der Waals surface area contributed by atoms with Crippen LogP contribution >= 0.6 is 0 Å². The van der Waals surface area contributed by atoms with Gasteiger partial charge in [0.1, 0.15) is 23.0 Å². The van der Waals surface area contributed by atoms with Crippen molar-refractivity contribution in [3.63, 3.8) is 0 Å². The van der Waals surface area contributed by atoms with E-state index in [-0.39, 0.29) is 21.8 Å². The van der Waals surface area contributed by atoms with Crippen LogP contribution in [0.1, 0.15) is 45.4 Å². The minimum atomic E-state index is -1.58. The second kappa shape index (κ2) is 10.2. The van der Waals surface area contributed by atoms with Crippen LogP contribution in [0.3, 0.4) is 0 Å². The minimum Gasteiger partial charge on any atom is -0.507 e. The van der Waals surface area contributed by atoms with Crippen LogP contribution in [0.15, 0.2) is 34.6 Å². The Morgan fingerprint density at radius 2 is 1.63 bits per heavy atom. The Labute approximate surface area is 163 Å². The van der Waals surface area contributed by atoms with E-state index in [0.717, 1.165) is 19.3 Å². The van der Waals surface area contributed by atoms with Crippen molar-refractivity contribution in [2.75, 3.05) is 14.2 Å². The van der Waals surface area contributed by atoms with Gasteiger partial charge in [-0.25, -0.2) is 4.21 Å². The van der Waals surface area contributed by atoms with E-state index in [1.165, 1.54) is 39.5 Å². The van der Waals surface area contributed by atoms with E-state index in [9.17, 15) is 14.4 Å². The summed E-state index contributed by atoms with van der Waals surface area (Å²) in [5.41, 5.74) is 0. The molecule has 148 valence electrons. The number of phenols is 2. The van der Waals surface area contributed by atoms with Crippen LogP contribution in [0.2, 0.25) is 0 Å². The van der Waals surface area contributed by atoms with Crippen LogP contribution in [0, 0.1) is 0 Å². The van der Waals surface area contributed by atoms with Crippen molar-refractivity contribution in [1.29, 1.82) is 0 Å². The fraction of sp³-hybridized carbons (Fsp3) is 0.429. The van der Waals surface area contributed by atoms with E-state index in [1.54, 1.807) is 17.5 Å². The Kier molecular flexibility index (Phi) is 7.98. The summed E-state index contributed by atoms with van der Waals surface area (Å²) in [5, 5.41) is 23.3. The van der Waals surface area contributed by atoms with Crippen molar-refractivity contribution in [3.8, 4) is 23.0 Å². The fourth-order valence-corrected chi connectivity index (χ4v) is 4.01. The van der Waals surface area contributed by atoms with Gasteiger partial charge in [0.2, 0.25) is 0 Å². The number of phenolic OH excluding ortho intramolecular Hbond substituents is 2. The maximum atomic E-state index is 12.6. The average Bonchev–Trinajstić information content (AvgIpc) is 2.68. The highest BCUT2D eigenvalue weighted by Gasteiger charge is 2.21. The standard InChI is InChI=1S/C21H28O5S/c1-4-5-6-7-8-9-10-13-27(24)18-14-15(22)19-16(25-2)11-12-17(26-3)20(19)21(18)23/h10-14,22-23H,4-9H2,1-3H3/b13-10+. The summed E-state index contributed by atoms with van der Waals surface area (Å²) in [5.74, 6) is 0.482. The summed E-state index contributed by atoms with van der Waals surface area (Å²) in [7, 11) is 1.38. The molecule has 0 fully saturated rings. The molecule has 0 heterocycles. The average molecular weight is 393 g/mol. The number of fused-ring (bicyclic) bond motifs is 1. The van der Waals surface area contributed by atoms with E-state index in [4.69, 9.17) is 9.47 Å². The van der Waals surface area contributed by atoms with Gasteiger partial charge in [0.05, 0.1) is 40.7 Å². The Morgan fingerprint density at radius 3 is 2.26 bits per heavy atom. The van der Waals surface area contributed by atoms with Crippen molar-refractivity contribution in [2.45, 2.75) is 50.3 Å². The first kappa shape index (κ1) is 21.1. The molecule has 27 heavy (non-hydrogen) atoms. The molecule has 0 aliphatic heterocycles. The van der Waals surface area contributed by atoms with Gasteiger partial charge in [-0.1, -0.05) is 38.7 Å². The molecule has 5 nitrogen and oxygen atoms in total. The quantitative estimate of drug-likeness (QED) is 0.427. The van der Waals surface area contributed by atoms with Crippen molar-refractivity contribution in [3.05, 3.63) is 29.7 Å². The lowest BCUT2D eigenvalue weighted by Crippen LogP contribution is -1.94. The van der Waals surface area contributed by atoms with Gasteiger partial charge in [0, 0.05) is 11.5 Å². The summed E-state index contributed by atoms with van der Waals surface area (Å²) in [6.07, 6.45) is 8.58. The molecule has 0 bridgehead atoms. The number of allylic oxidation sites excluding steroid dienone is 1. The number of methoxy groups -OCH3 is 2. The number of rotatable bonds is 10.